The largest absolute Gasteiger partial charge is 0.508 e. The van der Waals surface area contributed by atoms with Crippen LogP contribution >= 0.6 is 0 Å². The number of aromatic nitrogens is 3. The van der Waals surface area contributed by atoms with E-state index in [2.05, 4.69) is 29.0 Å². The van der Waals surface area contributed by atoms with E-state index in [4.69, 9.17) is 4.52 Å². The molecular weight excluding hydrogens is 316 g/mol. The van der Waals surface area contributed by atoms with Crippen LogP contribution in [0.1, 0.15) is 36.9 Å². The number of hydrogen-bond acceptors (Lipinski definition) is 5. The van der Waals surface area contributed by atoms with Crippen molar-refractivity contribution in [3.05, 3.63) is 53.5 Å². The number of hydrogen-bond donors (Lipinski definition) is 1. The van der Waals surface area contributed by atoms with Crippen LogP contribution in [0.3, 0.4) is 0 Å². The lowest BCUT2D eigenvalue weighted by Crippen LogP contribution is -2.26. The smallest absolute Gasteiger partial charge is 0.151 e. The van der Waals surface area contributed by atoms with Gasteiger partial charge in [-0.1, -0.05) is 24.2 Å². The highest BCUT2D eigenvalue weighted by molar-refractivity contribution is 5.60. The van der Waals surface area contributed by atoms with Crippen molar-refractivity contribution in [3.8, 4) is 17.0 Å². The van der Waals surface area contributed by atoms with Gasteiger partial charge in [0.2, 0.25) is 0 Å². The molecule has 0 saturated heterocycles. The van der Waals surface area contributed by atoms with Gasteiger partial charge in [0.25, 0.3) is 0 Å². The van der Waals surface area contributed by atoms with Crippen molar-refractivity contribution in [3.63, 3.8) is 0 Å². The zero-order valence-corrected chi connectivity index (χ0v) is 15.1. The first kappa shape index (κ1) is 17.2. The number of phenolic OH excluding ortho intramolecular Hbond substituents is 1. The molecule has 1 N–H and O–H groups in total. The molecule has 1 unspecified atom stereocenters. The van der Waals surface area contributed by atoms with Crippen LogP contribution in [0.15, 0.2) is 41.1 Å². The number of aryl methyl sites for hydroxylation is 1. The summed E-state index contributed by atoms with van der Waals surface area (Å²) in [5.41, 5.74) is 3.92. The number of benzene rings is 1. The second-order valence-corrected chi connectivity index (χ2v) is 6.28. The molecule has 0 bridgehead atoms. The summed E-state index contributed by atoms with van der Waals surface area (Å²) in [4.78, 5) is 2.27. The summed E-state index contributed by atoms with van der Waals surface area (Å²) in [5, 5.41) is 18.2. The number of aromatic hydroxyl groups is 1. The van der Waals surface area contributed by atoms with E-state index < -0.39 is 0 Å². The molecule has 6 nitrogen and oxygen atoms in total. The molecule has 1 atom stereocenters. The van der Waals surface area contributed by atoms with Crippen molar-refractivity contribution >= 4 is 0 Å². The summed E-state index contributed by atoms with van der Waals surface area (Å²) >= 11 is 0. The monoisotopic (exact) mass is 340 g/mol. The van der Waals surface area contributed by atoms with E-state index in [1.54, 1.807) is 12.1 Å². The number of nitrogens with zero attached hydrogens (tertiary/aromatic N) is 4. The minimum Gasteiger partial charge on any atom is -0.508 e. The topological polar surface area (TPSA) is 67.3 Å². The summed E-state index contributed by atoms with van der Waals surface area (Å²) < 4.78 is 7.37. The maximum Gasteiger partial charge on any atom is 0.151 e. The third-order valence-corrected chi connectivity index (χ3v) is 4.74. The molecule has 0 amide bonds. The molecule has 0 aliphatic rings. The van der Waals surface area contributed by atoms with Crippen molar-refractivity contribution in [2.45, 2.75) is 33.4 Å². The molecule has 1 aromatic carbocycles. The van der Waals surface area contributed by atoms with Crippen molar-refractivity contribution in [2.75, 3.05) is 6.54 Å². The van der Waals surface area contributed by atoms with Gasteiger partial charge in [0, 0.05) is 30.4 Å². The Morgan fingerprint density at radius 3 is 2.76 bits per heavy atom. The predicted octanol–water partition coefficient (Wildman–Crippen LogP) is 3.67. The second-order valence-electron chi connectivity index (χ2n) is 6.28. The summed E-state index contributed by atoms with van der Waals surface area (Å²) in [5.74, 6) is 1.10. The number of rotatable bonds is 6. The fourth-order valence-electron chi connectivity index (χ4n) is 2.98. The van der Waals surface area contributed by atoms with E-state index in [0.29, 0.717) is 6.54 Å². The molecule has 3 aromatic rings. The third kappa shape index (κ3) is 3.58. The highest BCUT2D eigenvalue weighted by atomic mass is 16.5. The van der Waals surface area contributed by atoms with Gasteiger partial charge in [0.05, 0.1) is 12.7 Å². The van der Waals surface area contributed by atoms with Gasteiger partial charge < -0.3 is 9.63 Å². The van der Waals surface area contributed by atoms with Gasteiger partial charge in [-0.25, -0.2) is 0 Å². The Kier molecular flexibility index (Phi) is 4.90. The number of phenols is 1. The van der Waals surface area contributed by atoms with Crippen LogP contribution < -0.4 is 0 Å². The van der Waals surface area contributed by atoms with E-state index in [1.165, 1.54) is 0 Å². The predicted molar refractivity (Wildman–Crippen MR) is 96.0 cm³/mol. The van der Waals surface area contributed by atoms with E-state index in [9.17, 15) is 5.11 Å². The van der Waals surface area contributed by atoms with Crippen LogP contribution in [0.5, 0.6) is 5.75 Å². The van der Waals surface area contributed by atoms with Crippen LogP contribution in [0.4, 0.5) is 0 Å². The van der Waals surface area contributed by atoms with Gasteiger partial charge in [0.15, 0.2) is 5.76 Å². The summed E-state index contributed by atoms with van der Waals surface area (Å²) in [6, 6.07) is 9.52. The van der Waals surface area contributed by atoms with Crippen LogP contribution in [-0.4, -0.2) is 31.5 Å². The maximum absolute atomic E-state index is 9.71. The molecule has 6 heteroatoms. The van der Waals surface area contributed by atoms with Crippen molar-refractivity contribution in [1.29, 1.82) is 0 Å². The molecule has 0 radical (unpaired) electrons. The molecule has 0 aliphatic heterocycles. The molecule has 0 aliphatic carbocycles. The highest BCUT2D eigenvalue weighted by Gasteiger charge is 2.18. The highest BCUT2D eigenvalue weighted by Crippen LogP contribution is 2.27. The van der Waals surface area contributed by atoms with E-state index in [1.807, 2.05) is 43.0 Å². The molecule has 0 spiro atoms. The summed E-state index contributed by atoms with van der Waals surface area (Å²) in [6.07, 6.45) is 1.81. The van der Waals surface area contributed by atoms with Crippen molar-refractivity contribution in [1.82, 2.24) is 19.8 Å². The lowest BCUT2D eigenvalue weighted by molar-refractivity contribution is 0.188. The van der Waals surface area contributed by atoms with Crippen LogP contribution in [0.25, 0.3) is 11.3 Å². The minimum absolute atomic E-state index is 0.158. The fraction of sp³-hybridized carbons (Fsp3) is 0.368. The van der Waals surface area contributed by atoms with Gasteiger partial charge in [-0.3, -0.25) is 9.58 Å². The van der Waals surface area contributed by atoms with Crippen LogP contribution in [0.2, 0.25) is 0 Å². The Bertz CT molecular complexity index is 853. The van der Waals surface area contributed by atoms with Crippen LogP contribution in [-0.2, 0) is 13.6 Å². The van der Waals surface area contributed by atoms with Crippen molar-refractivity contribution < 1.29 is 9.63 Å². The molecule has 132 valence electrons. The third-order valence-electron chi connectivity index (χ3n) is 4.74. The Labute approximate surface area is 147 Å². The Morgan fingerprint density at radius 1 is 1.32 bits per heavy atom. The quantitative estimate of drug-likeness (QED) is 0.741. The average Bonchev–Trinajstić information content (AvgIpc) is 3.19. The van der Waals surface area contributed by atoms with Gasteiger partial charge in [-0.15, -0.1) is 0 Å². The second kappa shape index (κ2) is 7.11. The summed E-state index contributed by atoms with van der Waals surface area (Å²) in [7, 11) is 1.91. The first-order valence-electron chi connectivity index (χ1n) is 8.47. The average molecular weight is 340 g/mol. The zero-order valence-electron chi connectivity index (χ0n) is 15.1. The first-order valence-corrected chi connectivity index (χ1v) is 8.47. The lowest BCUT2D eigenvalue weighted by Gasteiger charge is -2.27. The Balaban J connectivity index is 1.77. The van der Waals surface area contributed by atoms with Crippen molar-refractivity contribution in [2.24, 2.45) is 7.05 Å². The molecule has 0 fully saturated rings. The van der Waals surface area contributed by atoms with Gasteiger partial charge in [-0.05, 0) is 38.1 Å². The molecule has 3 rings (SSSR count). The molecule has 0 saturated carbocycles. The Hall–Kier alpha value is -2.60. The standard InChI is InChI=1S/C19H24N4O2/c1-5-23(13(2)15-7-6-8-16(24)9-15)12-17-10-19(21-25-17)18-11-20-22(4)14(18)3/h6-11,13,24H,5,12H2,1-4H3. The first-order chi connectivity index (χ1) is 12.0. The molecule has 2 aromatic heterocycles. The molecule has 25 heavy (non-hydrogen) atoms. The van der Waals surface area contributed by atoms with Gasteiger partial charge in [-0.2, -0.15) is 5.10 Å². The molecule has 2 heterocycles. The minimum atomic E-state index is 0.158. The normalized spacial score (nSPS) is 12.7. The SMILES string of the molecule is CCN(Cc1cc(-c2cnn(C)c2C)no1)C(C)c1cccc(O)c1. The fourth-order valence-corrected chi connectivity index (χ4v) is 2.98. The summed E-state index contributed by atoms with van der Waals surface area (Å²) in [6.45, 7) is 7.76. The van der Waals surface area contributed by atoms with E-state index >= 15 is 0 Å². The van der Waals surface area contributed by atoms with E-state index in [-0.39, 0.29) is 11.8 Å². The van der Waals surface area contributed by atoms with Gasteiger partial charge >= 0.3 is 0 Å². The zero-order chi connectivity index (χ0) is 18.0. The lowest BCUT2D eigenvalue weighted by atomic mass is 10.1. The van der Waals surface area contributed by atoms with E-state index in [0.717, 1.165) is 34.8 Å². The van der Waals surface area contributed by atoms with Crippen LogP contribution in [0, 0.1) is 6.92 Å². The van der Waals surface area contributed by atoms with Gasteiger partial charge in [0.1, 0.15) is 11.4 Å². The molecular formula is C19H24N4O2. The maximum atomic E-state index is 9.71. The Morgan fingerprint density at radius 2 is 2.12 bits per heavy atom.